The van der Waals surface area contributed by atoms with E-state index in [-0.39, 0.29) is 22.1 Å². The minimum absolute atomic E-state index is 0.168. The summed E-state index contributed by atoms with van der Waals surface area (Å²) in [6, 6.07) is 20.9. The monoisotopic (exact) mass is 714 g/mol. The highest BCUT2D eigenvalue weighted by Crippen LogP contribution is 2.59. The second-order valence-corrected chi connectivity index (χ2v) is 13.2. The number of phenolic OH excluding ortho intramolecular Hbond substituents is 7. The third-order valence-electron chi connectivity index (χ3n) is 10.1. The Kier molecular flexibility index (Phi) is 8.91. The molecule has 1 aromatic heterocycles. The molecule has 0 aliphatic heterocycles. The number of allylic oxidation sites excluding steroid dienone is 5. The fourth-order valence-corrected chi connectivity index (χ4v) is 7.32. The molecule has 7 N–H and O–H groups in total. The maximum Gasteiger partial charge on any atom is 0.201 e. The van der Waals surface area contributed by atoms with E-state index >= 15 is 0 Å². The van der Waals surface area contributed by atoms with E-state index in [1.807, 2.05) is 105 Å². The van der Waals surface area contributed by atoms with Crippen LogP contribution in [0.1, 0.15) is 25.2 Å². The van der Waals surface area contributed by atoms with Gasteiger partial charge in [-0.2, -0.15) is 0 Å². The number of rotatable bonds is 7. The first-order chi connectivity index (χ1) is 25.9. The van der Waals surface area contributed by atoms with Gasteiger partial charge in [-0.15, -0.1) is 0 Å². The molecule has 10 heteroatoms. The molecule has 0 aliphatic rings. The molecule has 8 nitrogen and oxygen atoms in total. The van der Waals surface area contributed by atoms with Crippen LogP contribution in [0.2, 0.25) is 0 Å². The van der Waals surface area contributed by atoms with E-state index in [9.17, 15) is 35.7 Å². The molecule has 0 radical (unpaired) electrons. The Hall–Kier alpha value is -6.93. The predicted molar refractivity (Wildman–Crippen MR) is 223 cm³/mol. The highest BCUT2D eigenvalue weighted by molar-refractivity contribution is 6.52. The molecule has 0 spiro atoms. The SMILES string of the molecule is Bc1c(B)c(-c2c(O)c(O)c(O)c(-c3c4ccccc4c(-c4ccc5c(/C=C(C)/C=C\C=C/C)c(C=C)oc5c4)c4ccccc34)c2O)c(O)c(O)c1O. The van der Waals surface area contributed by atoms with Crippen molar-refractivity contribution in [3.05, 3.63) is 115 Å². The summed E-state index contributed by atoms with van der Waals surface area (Å²) in [6.45, 7) is 7.96. The third kappa shape index (κ3) is 5.42. The van der Waals surface area contributed by atoms with E-state index in [4.69, 9.17) is 4.42 Å². The van der Waals surface area contributed by atoms with Crippen LogP contribution in [0.4, 0.5) is 0 Å². The molecule has 0 saturated heterocycles. The fourth-order valence-electron chi connectivity index (χ4n) is 7.32. The molecule has 7 aromatic rings. The van der Waals surface area contributed by atoms with Gasteiger partial charge in [0.1, 0.15) is 32.8 Å². The minimum atomic E-state index is -0.947. The van der Waals surface area contributed by atoms with Crippen molar-refractivity contribution in [3.63, 3.8) is 0 Å². The number of hydrogen-bond acceptors (Lipinski definition) is 8. The number of hydrogen-bond donors (Lipinski definition) is 7. The van der Waals surface area contributed by atoms with Crippen molar-refractivity contribution in [3.8, 4) is 73.6 Å². The summed E-state index contributed by atoms with van der Waals surface area (Å²) < 4.78 is 6.34. The molecule has 0 aliphatic carbocycles. The van der Waals surface area contributed by atoms with Gasteiger partial charge in [0.2, 0.25) is 5.75 Å². The van der Waals surface area contributed by atoms with Gasteiger partial charge in [0.05, 0.1) is 11.1 Å². The lowest BCUT2D eigenvalue weighted by Gasteiger charge is -2.23. The van der Waals surface area contributed by atoms with E-state index < -0.39 is 45.8 Å². The van der Waals surface area contributed by atoms with E-state index in [1.54, 1.807) is 6.08 Å². The van der Waals surface area contributed by atoms with Crippen molar-refractivity contribution in [2.45, 2.75) is 13.8 Å². The first-order valence-electron chi connectivity index (χ1n) is 17.3. The maximum atomic E-state index is 12.1. The van der Waals surface area contributed by atoms with Crippen LogP contribution >= 0.6 is 0 Å². The molecule has 0 bridgehead atoms. The van der Waals surface area contributed by atoms with Gasteiger partial charge in [-0.25, -0.2) is 0 Å². The summed E-state index contributed by atoms with van der Waals surface area (Å²) >= 11 is 0. The number of aromatic hydroxyl groups is 7. The van der Waals surface area contributed by atoms with Crippen molar-refractivity contribution in [1.82, 2.24) is 0 Å². The van der Waals surface area contributed by atoms with Crippen LogP contribution in [0.15, 0.2) is 108 Å². The second-order valence-electron chi connectivity index (χ2n) is 13.2. The van der Waals surface area contributed by atoms with Crippen LogP contribution in [0.5, 0.6) is 40.2 Å². The van der Waals surface area contributed by atoms with Crippen LogP contribution in [-0.2, 0) is 0 Å². The molecular weight excluding hydrogens is 678 g/mol. The quantitative estimate of drug-likeness (QED) is 0.0297. The van der Waals surface area contributed by atoms with Crippen molar-refractivity contribution in [2.75, 3.05) is 0 Å². The summed E-state index contributed by atoms with van der Waals surface area (Å²) in [5, 5.41) is 81.5. The molecule has 7 rings (SSSR count). The molecule has 0 amide bonds. The van der Waals surface area contributed by atoms with Gasteiger partial charge < -0.3 is 40.2 Å². The molecular formula is C44H36B2O8. The molecule has 266 valence electrons. The average Bonchev–Trinajstić information content (AvgIpc) is 3.52. The lowest BCUT2D eigenvalue weighted by molar-refractivity contribution is 0.362. The molecule has 0 saturated carbocycles. The number of furan rings is 1. The van der Waals surface area contributed by atoms with Gasteiger partial charge in [-0.3, -0.25) is 0 Å². The molecule has 0 unspecified atom stereocenters. The Labute approximate surface area is 312 Å². The maximum absolute atomic E-state index is 12.1. The zero-order chi connectivity index (χ0) is 38.6. The predicted octanol–water partition coefficient (Wildman–Crippen LogP) is 7.37. The molecule has 1 heterocycles. The molecule has 6 aromatic carbocycles. The van der Waals surface area contributed by atoms with Gasteiger partial charge >= 0.3 is 0 Å². The Morgan fingerprint density at radius 2 is 1.13 bits per heavy atom. The standard InChI is InChI=1S/C44H36B2O8/c1-4-6-7-12-21(3)19-28-23-18-17-22(20-30(23)54-29(28)5-2)31-24-13-8-10-15-26(24)32(27-16-11-9-14-25(27)31)34-38(47)35(41(50)43(52)40(34)49)33-36(45)37(46)42(51)44(53)39(33)48/h4-20,47-53H,2,45-46H2,1,3H3/b6-4-,12-7-,21-19+. The third-order valence-corrected chi connectivity index (χ3v) is 10.1. The van der Waals surface area contributed by atoms with Crippen LogP contribution in [0.25, 0.3) is 78.0 Å². The van der Waals surface area contributed by atoms with E-state index in [0.717, 1.165) is 38.4 Å². The van der Waals surface area contributed by atoms with Crippen molar-refractivity contribution < 1.29 is 40.2 Å². The molecule has 0 atom stereocenters. The van der Waals surface area contributed by atoms with Crippen LogP contribution in [0.3, 0.4) is 0 Å². The van der Waals surface area contributed by atoms with Crippen LogP contribution < -0.4 is 10.9 Å². The van der Waals surface area contributed by atoms with Crippen LogP contribution in [0, 0.1) is 0 Å². The lowest BCUT2D eigenvalue weighted by Crippen LogP contribution is -2.28. The smallest absolute Gasteiger partial charge is 0.201 e. The summed E-state index contributed by atoms with van der Waals surface area (Å²) in [4.78, 5) is 0. The van der Waals surface area contributed by atoms with Gasteiger partial charge in [0, 0.05) is 22.1 Å². The Morgan fingerprint density at radius 3 is 1.70 bits per heavy atom. The van der Waals surface area contributed by atoms with E-state index in [2.05, 4.69) is 12.7 Å². The number of fused-ring (bicyclic) bond motifs is 3. The Bertz CT molecular complexity index is 2720. The average molecular weight is 714 g/mol. The Morgan fingerprint density at radius 1 is 0.593 bits per heavy atom. The number of benzene rings is 6. The summed E-state index contributed by atoms with van der Waals surface area (Å²) in [6.07, 6.45) is 11.7. The van der Waals surface area contributed by atoms with E-state index in [1.165, 1.54) is 15.7 Å². The largest absolute Gasteiger partial charge is 0.506 e. The highest BCUT2D eigenvalue weighted by Gasteiger charge is 2.32. The van der Waals surface area contributed by atoms with Crippen molar-refractivity contribution in [2.24, 2.45) is 0 Å². The second kappa shape index (κ2) is 13.6. The Balaban J connectivity index is 1.54. The van der Waals surface area contributed by atoms with Gasteiger partial charge in [-0.1, -0.05) is 96.5 Å². The highest BCUT2D eigenvalue weighted by atomic mass is 16.3. The summed E-state index contributed by atoms with van der Waals surface area (Å²) in [5.41, 5.74) is 4.12. The van der Waals surface area contributed by atoms with Gasteiger partial charge in [-0.05, 0) is 76.3 Å². The zero-order valence-corrected chi connectivity index (χ0v) is 30.1. The minimum Gasteiger partial charge on any atom is -0.506 e. The van der Waals surface area contributed by atoms with Crippen molar-refractivity contribution in [1.29, 1.82) is 0 Å². The topological polar surface area (TPSA) is 155 Å². The summed E-state index contributed by atoms with van der Waals surface area (Å²) in [7, 11) is 3.01. The van der Waals surface area contributed by atoms with Crippen LogP contribution in [-0.4, -0.2) is 51.4 Å². The molecule has 54 heavy (non-hydrogen) atoms. The first-order valence-corrected chi connectivity index (χ1v) is 17.3. The normalized spacial score (nSPS) is 12.2. The van der Waals surface area contributed by atoms with Gasteiger partial charge in [0.15, 0.2) is 28.7 Å². The first kappa shape index (κ1) is 35.5. The van der Waals surface area contributed by atoms with E-state index in [0.29, 0.717) is 27.7 Å². The summed E-state index contributed by atoms with van der Waals surface area (Å²) in [5.74, 6) is -4.96. The van der Waals surface area contributed by atoms with Crippen molar-refractivity contribution >= 4 is 71.3 Å². The number of phenols is 7. The van der Waals surface area contributed by atoms with Gasteiger partial charge in [0.25, 0.3) is 0 Å². The fraction of sp³-hybridized carbons (Fsp3) is 0.0455. The zero-order valence-electron chi connectivity index (χ0n) is 30.1. The molecule has 0 fully saturated rings. The lowest BCUT2D eigenvalue weighted by atomic mass is 9.74.